The van der Waals surface area contributed by atoms with Gasteiger partial charge in [-0.1, -0.05) is 12.1 Å². The van der Waals surface area contributed by atoms with Crippen LogP contribution >= 0.6 is 0 Å². The minimum Gasteiger partial charge on any atom is -0.481 e. The largest absolute Gasteiger partial charge is 0.481 e. The van der Waals surface area contributed by atoms with Crippen LogP contribution in [-0.2, 0) is 9.59 Å². The molecule has 0 bridgehead atoms. The average molecular weight is 316 g/mol. The van der Waals surface area contributed by atoms with Crippen molar-refractivity contribution in [3.8, 4) is 0 Å². The Hall–Kier alpha value is -2.70. The summed E-state index contributed by atoms with van der Waals surface area (Å²) in [5, 5.41) is 11.6. The van der Waals surface area contributed by atoms with Gasteiger partial charge in [-0.05, 0) is 25.0 Å². The fourth-order valence-corrected chi connectivity index (χ4v) is 2.97. The number of benzene rings is 1. The maximum atomic E-state index is 12.1. The quantitative estimate of drug-likeness (QED) is 0.770. The lowest BCUT2D eigenvalue weighted by atomic mass is 9.73. The molecule has 1 aliphatic carbocycles. The summed E-state index contributed by atoms with van der Waals surface area (Å²) in [6.45, 7) is 0.190. The monoisotopic (exact) mass is 316 g/mol. The van der Waals surface area contributed by atoms with Crippen molar-refractivity contribution in [1.82, 2.24) is 10.2 Å². The maximum absolute atomic E-state index is 12.1. The van der Waals surface area contributed by atoms with E-state index in [4.69, 9.17) is 5.11 Å². The molecule has 1 aliphatic heterocycles. The standard InChI is InChI=1S/C16H16N2O5/c19-13(9-5-6-12(9)16(22)23)17-7-8-18-14(20)10-3-1-2-4-11(10)15(18)21/h1-4,9,12H,5-8H2,(H,17,19)(H,22,23). The van der Waals surface area contributed by atoms with Gasteiger partial charge < -0.3 is 10.4 Å². The van der Waals surface area contributed by atoms with Crippen molar-refractivity contribution in [3.05, 3.63) is 35.4 Å². The number of carboxylic acids is 1. The van der Waals surface area contributed by atoms with Gasteiger partial charge >= 0.3 is 5.97 Å². The molecular formula is C16H16N2O5. The molecule has 0 aromatic heterocycles. The predicted octanol–water partition coefficient (Wildman–Crippen LogP) is 0.510. The summed E-state index contributed by atoms with van der Waals surface area (Å²) in [7, 11) is 0. The summed E-state index contributed by atoms with van der Waals surface area (Å²) in [5.74, 6) is -3.18. The number of aliphatic carboxylic acids is 1. The fraction of sp³-hybridized carbons (Fsp3) is 0.375. The number of carbonyl (C=O) groups is 4. The summed E-state index contributed by atoms with van der Waals surface area (Å²) in [6, 6.07) is 6.58. The van der Waals surface area contributed by atoms with Crippen molar-refractivity contribution in [2.24, 2.45) is 11.8 Å². The normalized spacial score (nSPS) is 22.5. The first kappa shape index (κ1) is 15.2. The van der Waals surface area contributed by atoms with E-state index in [1.807, 2.05) is 0 Å². The molecule has 0 saturated heterocycles. The van der Waals surface area contributed by atoms with Gasteiger partial charge in [-0.3, -0.25) is 24.1 Å². The SMILES string of the molecule is O=C(O)C1CCC1C(=O)NCCN1C(=O)c2ccccc2C1=O. The molecule has 3 amide bonds. The molecule has 1 saturated carbocycles. The van der Waals surface area contributed by atoms with Crippen LogP contribution in [-0.4, -0.2) is 46.8 Å². The van der Waals surface area contributed by atoms with E-state index < -0.39 is 17.8 Å². The molecule has 2 N–H and O–H groups in total. The number of carbonyl (C=O) groups excluding carboxylic acids is 3. The number of nitrogens with one attached hydrogen (secondary N) is 1. The zero-order valence-corrected chi connectivity index (χ0v) is 12.3. The van der Waals surface area contributed by atoms with Crippen molar-refractivity contribution in [2.75, 3.05) is 13.1 Å². The Balaban J connectivity index is 1.54. The topological polar surface area (TPSA) is 104 Å². The number of nitrogens with zero attached hydrogens (tertiary/aromatic N) is 1. The van der Waals surface area contributed by atoms with E-state index in [0.717, 1.165) is 4.90 Å². The van der Waals surface area contributed by atoms with Crippen molar-refractivity contribution in [1.29, 1.82) is 0 Å². The molecule has 1 heterocycles. The lowest BCUT2D eigenvalue weighted by Gasteiger charge is -2.32. The van der Waals surface area contributed by atoms with E-state index in [-0.39, 0.29) is 30.8 Å². The summed E-state index contributed by atoms with van der Waals surface area (Å²) in [5.41, 5.74) is 0.738. The molecule has 7 nitrogen and oxygen atoms in total. The Morgan fingerprint density at radius 3 is 2.13 bits per heavy atom. The molecule has 2 atom stereocenters. The van der Waals surface area contributed by atoms with E-state index in [9.17, 15) is 19.2 Å². The number of imide groups is 1. The summed E-state index contributed by atoms with van der Waals surface area (Å²) in [6.07, 6.45) is 1.06. The van der Waals surface area contributed by atoms with E-state index in [2.05, 4.69) is 5.32 Å². The molecular weight excluding hydrogens is 300 g/mol. The Morgan fingerprint density at radius 2 is 1.65 bits per heavy atom. The van der Waals surface area contributed by atoms with Gasteiger partial charge in [0.05, 0.1) is 23.0 Å². The second kappa shape index (κ2) is 5.83. The summed E-state index contributed by atoms with van der Waals surface area (Å²) >= 11 is 0. The van der Waals surface area contributed by atoms with Crippen LogP contribution in [0.1, 0.15) is 33.6 Å². The van der Waals surface area contributed by atoms with Gasteiger partial charge in [0.1, 0.15) is 0 Å². The third-order valence-electron chi connectivity index (χ3n) is 4.44. The summed E-state index contributed by atoms with van der Waals surface area (Å²) in [4.78, 5) is 48.2. The van der Waals surface area contributed by atoms with Crippen LogP contribution in [0.25, 0.3) is 0 Å². The average Bonchev–Trinajstić information content (AvgIpc) is 2.71. The highest BCUT2D eigenvalue weighted by Gasteiger charge is 2.41. The number of carboxylic acid groups (broad SMARTS) is 1. The van der Waals surface area contributed by atoms with Gasteiger partial charge in [-0.2, -0.15) is 0 Å². The molecule has 2 aliphatic rings. The molecule has 23 heavy (non-hydrogen) atoms. The highest BCUT2D eigenvalue weighted by molar-refractivity contribution is 6.21. The number of hydrogen-bond donors (Lipinski definition) is 2. The van der Waals surface area contributed by atoms with Gasteiger partial charge in [-0.15, -0.1) is 0 Å². The minimum absolute atomic E-state index is 0.0720. The first-order valence-electron chi connectivity index (χ1n) is 7.46. The first-order chi connectivity index (χ1) is 11.0. The van der Waals surface area contributed by atoms with Gasteiger partial charge in [-0.25, -0.2) is 0 Å². The van der Waals surface area contributed by atoms with Gasteiger partial charge in [0.25, 0.3) is 11.8 Å². The lowest BCUT2D eigenvalue weighted by molar-refractivity contribution is -0.152. The van der Waals surface area contributed by atoms with Crippen LogP contribution in [0.5, 0.6) is 0 Å². The Bertz CT molecular complexity index is 664. The lowest BCUT2D eigenvalue weighted by Crippen LogP contribution is -2.46. The molecule has 0 spiro atoms. The fourth-order valence-electron chi connectivity index (χ4n) is 2.97. The molecule has 7 heteroatoms. The van der Waals surface area contributed by atoms with Crippen LogP contribution < -0.4 is 5.32 Å². The third-order valence-corrected chi connectivity index (χ3v) is 4.44. The van der Waals surface area contributed by atoms with E-state index >= 15 is 0 Å². The number of fused-ring (bicyclic) bond motifs is 1. The first-order valence-corrected chi connectivity index (χ1v) is 7.46. The third kappa shape index (κ3) is 2.58. The molecule has 1 aromatic rings. The van der Waals surface area contributed by atoms with Crippen LogP contribution in [0.2, 0.25) is 0 Å². The van der Waals surface area contributed by atoms with Crippen LogP contribution in [0.15, 0.2) is 24.3 Å². The smallest absolute Gasteiger partial charge is 0.307 e. The predicted molar refractivity (Wildman–Crippen MR) is 78.7 cm³/mol. The van der Waals surface area contributed by atoms with Crippen molar-refractivity contribution in [3.63, 3.8) is 0 Å². The molecule has 1 fully saturated rings. The molecule has 120 valence electrons. The molecule has 3 rings (SSSR count). The Morgan fingerprint density at radius 1 is 1.09 bits per heavy atom. The highest BCUT2D eigenvalue weighted by Crippen LogP contribution is 2.34. The molecule has 0 radical (unpaired) electrons. The van der Waals surface area contributed by atoms with E-state index in [0.29, 0.717) is 24.0 Å². The second-order valence-electron chi connectivity index (χ2n) is 5.73. The highest BCUT2D eigenvalue weighted by atomic mass is 16.4. The van der Waals surface area contributed by atoms with Crippen molar-refractivity contribution in [2.45, 2.75) is 12.8 Å². The maximum Gasteiger partial charge on any atom is 0.307 e. The minimum atomic E-state index is -0.961. The Labute approximate surface area is 132 Å². The van der Waals surface area contributed by atoms with E-state index in [1.165, 1.54) is 0 Å². The number of hydrogen-bond acceptors (Lipinski definition) is 4. The van der Waals surface area contributed by atoms with Gasteiger partial charge in [0.15, 0.2) is 0 Å². The zero-order chi connectivity index (χ0) is 16.6. The zero-order valence-electron chi connectivity index (χ0n) is 12.3. The Kier molecular flexibility index (Phi) is 3.85. The van der Waals surface area contributed by atoms with Gasteiger partial charge in [0.2, 0.25) is 5.91 Å². The van der Waals surface area contributed by atoms with Crippen molar-refractivity contribution >= 4 is 23.7 Å². The van der Waals surface area contributed by atoms with Crippen LogP contribution in [0, 0.1) is 11.8 Å². The van der Waals surface area contributed by atoms with Crippen LogP contribution in [0.3, 0.4) is 0 Å². The number of amides is 3. The number of rotatable bonds is 5. The second-order valence-corrected chi connectivity index (χ2v) is 5.73. The summed E-state index contributed by atoms with van der Waals surface area (Å²) < 4.78 is 0. The van der Waals surface area contributed by atoms with Crippen molar-refractivity contribution < 1.29 is 24.3 Å². The van der Waals surface area contributed by atoms with Crippen LogP contribution in [0.4, 0.5) is 0 Å². The molecule has 2 unspecified atom stereocenters. The molecule has 1 aromatic carbocycles. The van der Waals surface area contributed by atoms with Gasteiger partial charge in [0, 0.05) is 13.1 Å². The van der Waals surface area contributed by atoms with E-state index in [1.54, 1.807) is 24.3 Å².